The lowest BCUT2D eigenvalue weighted by molar-refractivity contribution is -0.307. The number of anilines is 1. The number of carboxylic acids is 1. The van der Waals surface area contributed by atoms with Crippen molar-refractivity contribution in [2.24, 2.45) is 5.73 Å². The first-order chi connectivity index (χ1) is 24.0. The third-order valence-electron chi connectivity index (χ3n) is 6.98. The summed E-state index contributed by atoms with van der Waals surface area (Å²) in [5.41, 5.74) is 13.7. The molecule has 49 heavy (non-hydrogen) atoms. The largest absolute Gasteiger partial charge is 0.548 e. The number of carbonyl (C=O) groups excluding carboxylic acids is 1. The van der Waals surface area contributed by atoms with Gasteiger partial charge in [-0.1, -0.05) is 35.4 Å². The number of nitrogens with zero attached hydrogens (tertiary/aromatic N) is 4. The van der Waals surface area contributed by atoms with Crippen LogP contribution in [0, 0.1) is 13.8 Å². The SMILES string of the molecule is Cc1ccc(S(=O)(=O)O)cc1.Cc1ccc(S(=O)(=O)O)cc1.[2H]C([2H])([2H])[S+](CC[C@@H](N)C(=O)[O-])CC1OC(n2cnc3c(N)ncnc32)C(O)C1O. The average Bonchev–Trinajstić information content (AvgIpc) is 3.59. The predicted molar refractivity (Wildman–Crippen MR) is 178 cm³/mol. The summed E-state index contributed by atoms with van der Waals surface area (Å²) in [5, 5.41) is 31.8. The third kappa shape index (κ3) is 11.1. The number of carbonyl (C=O) groups is 1. The van der Waals surface area contributed by atoms with E-state index in [4.69, 9.17) is 29.4 Å². The number of hydrogen-bond donors (Lipinski definition) is 6. The van der Waals surface area contributed by atoms with Gasteiger partial charge in [0.25, 0.3) is 20.2 Å². The van der Waals surface area contributed by atoms with Gasteiger partial charge in [-0.05, 0) is 49.0 Å². The van der Waals surface area contributed by atoms with Crippen LogP contribution in [0.3, 0.4) is 0 Å². The van der Waals surface area contributed by atoms with Gasteiger partial charge in [-0.2, -0.15) is 16.8 Å². The molecular weight excluding hydrogens is 705 g/mol. The Hall–Kier alpha value is -3.73. The summed E-state index contributed by atoms with van der Waals surface area (Å²) >= 11 is 0. The van der Waals surface area contributed by atoms with Gasteiger partial charge in [-0.3, -0.25) is 13.7 Å². The molecule has 1 fully saturated rings. The molecule has 268 valence electrons. The zero-order valence-electron chi connectivity index (χ0n) is 29.1. The van der Waals surface area contributed by atoms with E-state index < -0.39 is 73.9 Å². The number of aromatic nitrogens is 4. The first kappa shape index (κ1) is 35.1. The highest BCUT2D eigenvalue weighted by molar-refractivity contribution is 7.96. The van der Waals surface area contributed by atoms with E-state index in [1.807, 2.05) is 13.8 Å². The number of ether oxygens (including phenoxy) is 1. The maximum absolute atomic E-state index is 10.8. The van der Waals surface area contributed by atoms with E-state index in [2.05, 4.69) is 15.0 Å². The highest BCUT2D eigenvalue weighted by Gasteiger charge is 2.46. The van der Waals surface area contributed by atoms with Crippen molar-refractivity contribution in [3.63, 3.8) is 0 Å². The number of fused-ring (bicyclic) bond motifs is 1. The van der Waals surface area contributed by atoms with Crippen molar-refractivity contribution in [1.29, 1.82) is 0 Å². The van der Waals surface area contributed by atoms with Crippen LogP contribution >= 0.6 is 0 Å². The van der Waals surface area contributed by atoms with Crippen LogP contribution in [-0.2, 0) is 40.7 Å². The lowest BCUT2D eigenvalue weighted by atomic mass is 10.1. The molecule has 3 heterocycles. The van der Waals surface area contributed by atoms with E-state index in [1.165, 1.54) is 41.5 Å². The molecule has 0 aliphatic carbocycles. The minimum atomic E-state index is -4.02. The minimum absolute atomic E-state index is 0.0171. The Kier molecular flexibility index (Phi) is 12.0. The first-order valence-corrected chi connectivity index (χ1v) is 18.6. The van der Waals surface area contributed by atoms with Crippen LogP contribution < -0.4 is 16.6 Å². The van der Waals surface area contributed by atoms with E-state index in [1.54, 1.807) is 24.3 Å². The Labute approximate surface area is 290 Å². The highest BCUT2D eigenvalue weighted by atomic mass is 32.2. The van der Waals surface area contributed by atoms with Crippen LogP contribution in [0.25, 0.3) is 11.2 Å². The van der Waals surface area contributed by atoms with E-state index in [0.29, 0.717) is 5.52 Å². The van der Waals surface area contributed by atoms with Crippen molar-refractivity contribution in [3.05, 3.63) is 72.3 Å². The van der Waals surface area contributed by atoms with Crippen molar-refractivity contribution in [2.75, 3.05) is 23.4 Å². The molecule has 2 aromatic heterocycles. The highest BCUT2D eigenvalue weighted by Crippen LogP contribution is 2.32. The summed E-state index contributed by atoms with van der Waals surface area (Å²) in [5.74, 6) is -1.47. The predicted octanol–water partition coefficient (Wildman–Crippen LogP) is -0.773. The summed E-state index contributed by atoms with van der Waals surface area (Å²) in [4.78, 5) is 22.7. The second-order valence-corrected chi connectivity index (χ2v) is 15.4. The number of carboxylic acid groups (broad SMARTS) is 1. The maximum atomic E-state index is 10.8. The molecule has 5 unspecified atom stereocenters. The van der Waals surface area contributed by atoms with Gasteiger partial charge in [0.05, 0.1) is 32.4 Å². The number of nitrogen functional groups attached to an aromatic ring is 1. The molecule has 0 bridgehead atoms. The summed E-state index contributed by atoms with van der Waals surface area (Å²) in [6.45, 7) is 3.68. The van der Waals surface area contributed by atoms with Gasteiger partial charge in [-0.15, -0.1) is 0 Å². The molecule has 20 heteroatoms. The number of benzene rings is 2. The lowest BCUT2D eigenvalue weighted by Crippen LogP contribution is -2.43. The van der Waals surface area contributed by atoms with Crippen molar-refractivity contribution in [2.45, 2.75) is 60.6 Å². The quantitative estimate of drug-likeness (QED) is 0.0905. The molecular formula is C29H38N6O11S3. The van der Waals surface area contributed by atoms with Gasteiger partial charge in [0, 0.05) is 12.5 Å². The standard InChI is InChI=1S/C15H22N6O5S.2C7H8O3S/c1-27(3-2-7(16)15(24)25)4-8-10(22)11(23)14(26-8)21-6-20-9-12(17)18-5-19-13(9)21;2*1-6-2-4-7(5-3-6)11(8,9)10/h5-8,10-11,14,22-23H,2-4,16H2,1H3,(H2-,17,18,19,24,25);2*2-5H,1H3,(H,8,9,10)/t7-,8?,10?,11?,14?,27?;;/m1../s1/i1D3;;. The summed E-state index contributed by atoms with van der Waals surface area (Å²) < 4.78 is 89.5. The van der Waals surface area contributed by atoms with Gasteiger partial charge in [0.15, 0.2) is 17.7 Å². The van der Waals surface area contributed by atoms with Gasteiger partial charge >= 0.3 is 0 Å². The van der Waals surface area contributed by atoms with Gasteiger partial charge in [0.2, 0.25) is 0 Å². The molecule has 0 saturated carbocycles. The number of aliphatic carboxylic acids is 1. The Morgan fingerprint density at radius 3 is 1.98 bits per heavy atom. The zero-order valence-corrected chi connectivity index (χ0v) is 28.5. The van der Waals surface area contributed by atoms with E-state index >= 15 is 0 Å². The zero-order chi connectivity index (χ0) is 39.2. The van der Waals surface area contributed by atoms with E-state index in [9.17, 15) is 36.9 Å². The molecule has 0 spiro atoms. The Morgan fingerprint density at radius 2 is 1.51 bits per heavy atom. The minimum Gasteiger partial charge on any atom is -0.548 e. The molecule has 0 radical (unpaired) electrons. The molecule has 6 atom stereocenters. The van der Waals surface area contributed by atoms with Crippen molar-refractivity contribution >= 4 is 54.1 Å². The van der Waals surface area contributed by atoms with Crippen molar-refractivity contribution < 1.29 is 54.9 Å². The smallest absolute Gasteiger partial charge is 0.294 e. The molecule has 17 nitrogen and oxygen atoms in total. The van der Waals surface area contributed by atoms with Gasteiger partial charge in [0.1, 0.15) is 41.7 Å². The fourth-order valence-electron chi connectivity index (χ4n) is 4.24. The lowest BCUT2D eigenvalue weighted by Gasteiger charge is -2.16. The van der Waals surface area contributed by atoms with Crippen LogP contribution in [0.2, 0.25) is 0 Å². The van der Waals surface area contributed by atoms with Crippen LogP contribution in [0.15, 0.2) is 71.0 Å². The normalized spacial score (nSPS) is 21.6. The summed E-state index contributed by atoms with van der Waals surface area (Å²) in [7, 11) is -9.37. The second kappa shape index (κ2) is 16.8. The Bertz CT molecular complexity index is 1960. The van der Waals surface area contributed by atoms with Crippen LogP contribution in [0.4, 0.5) is 5.82 Å². The van der Waals surface area contributed by atoms with Crippen molar-refractivity contribution in [1.82, 2.24) is 19.5 Å². The molecule has 2 aromatic carbocycles. The number of imidazole rings is 1. The van der Waals surface area contributed by atoms with E-state index in [0.717, 1.165) is 11.1 Å². The maximum Gasteiger partial charge on any atom is 0.294 e. The van der Waals surface area contributed by atoms with Gasteiger partial charge in [-0.25, -0.2) is 15.0 Å². The summed E-state index contributed by atoms with van der Waals surface area (Å²) in [6, 6.07) is 10.7. The Balaban J connectivity index is 0.000000269. The molecule has 5 rings (SSSR count). The van der Waals surface area contributed by atoms with Crippen LogP contribution in [-0.4, -0.2) is 104 Å². The summed E-state index contributed by atoms with van der Waals surface area (Å²) in [6.07, 6.45) is -4.79. The number of rotatable bonds is 9. The van der Waals surface area contributed by atoms with Crippen LogP contribution in [0.5, 0.6) is 0 Å². The number of nitrogens with two attached hydrogens (primary N) is 2. The Morgan fingerprint density at radius 1 is 0.980 bits per heavy atom. The number of aliphatic hydroxyl groups is 2. The fraction of sp³-hybridized carbons (Fsp3) is 0.379. The molecule has 0 amide bonds. The third-order valence-corrected chi connectivity index (χ3v) is 10.2. The van der Waals surface area contributed by atoms with Crippen molar-refractivity contribution in [3.8, 4) is 0 Å². The topological polar surface area (TPSA) is 294 Å². The number of aryl methyl sites for hydroxylation is 2. The number of aliphatic hydroxyl groups excluding tert-OH is 2. The average molecular weight is 746 g/mol. The van der Waals surface area contributed by atoms with Gasteiger partial charge < -0.3 is 36.3 Å². The van der Waals surface area contributed by atoms with E-state index in [-0.39, 0.29) is 39.2 Å². The fourth-order valence-corrected chi connectivity index (χ4v) is 6.58. The monoisotopic (exact) mass is 745 g/mol. The number of hydrogen-bond acceptors (Lipinski definition) is 14. The molecule has 8 N–H and O–H groups in total. The second-order valence-electron chi connectivity index (χ2n) is 10.8. The first-order valence-electron chi connectivity index (χ1n) is 15.7. The molecule has 1 aliphatic heterocycles. The molecule has 1 aliphatic rings. The molecule has 1 saturated heterocycles. The van der Waals surface area contributed by atoms with Crippen LogP contribution in [0.1, 0.15) is 27.9 Å². The molecule has 4 aromatic rings.